The molecule has 0 spiro atoms. The molecule has 0 bridgehead atoms. The first-order valence-corrected chi connectivity index (χ1v) is 9.22. The van der Waals surface area contributed by atoms with E-state index in [1.807, 2.05) is 51.1 Å². The highest BCUT2D eigenvalue weighted by Crippen LogP contribution is 2.33. The van der Waals surface area contributed by atoms with E-state index >= 15 is 0 Å². The molecule has 0 radical (unpaired) electrons. The van der Waals surface area contributed by atoms with Crippen molar-refractivity contribution >= 4 is 17.5 Å². The average molecular weight is 384 g/mol. The van der Waals surface area contributed by atoms with Crippen LogP contribution in [0.2, 0.25) is 0 Å². The van der Waals surface area contributed by atoms with Crippen LogP contribution in [0.5, 0.6) is 11.5 Å². The molecule has 1 atom stereocenters. The zero-order chi connectivity index (χ0) is 20.7. The zero-order valence-electron chi connectivity index (χ0n) is 17.0. The molecule has 1 unspecified atom stereocenters. The fourth-order valence-corrected chi connectivity index (χ4v) is 2.87. The van der Waals surface area contributed by atoms with Gasteiger partial charge < -0.3 is 20.1 Å². The molecule has 0 fully saturated rings. The van der Waals surface area contributed by atoms with Crippen LogP contribution in [0.1, 0.15) is 25.0 Å². The Bertz CT molecular complexity index is 819. The average Bonchev–Trinajstić information content (AvgIpc) is 2.67. The van der Waals surface area contributed by atoms with E-state index in [1.54, 1.807) is 26.4 Å². The number of nitrogens with one attached hydrogen (secondary N) is 2. The van der Waals surface area contributed by atoms with E-state index in [2.05, 4.69) is 10.6 Å². The molecule has 2 rings (SSSR count). The highest BCUT2D eigenvalue weighted by Gasteiger charge is 2.25. The summed E-state index contributed by atoms with van der Waals surface area (Å²) in [5.41, 5.74) is 2.35. The summed E-state index contributed by atoms with van der Waals surface area (Å²) in [6.45, 7) is 5.67. The molecule has 0 heterocycles. The van der Waals surface area contributed by atoms with E-state index in [4.69, 9.17) is 9.47 Å². The Balaban J connectivity index is 2.11. The summed E-state index contributed by atoms with van der Waals surface area (Å²) < 4.78 is 10.6. The third kappa shape index (κ3) is 5.49. The monoisotopic (exact) mass is 384 g/mol. The number of anilines is 1. The molecule has 0 saturated carbocycles. The van der Waals surface area contributed by atoms with E-state index in [0.29, 0.717) is 17.2 Å². The number of amides is 2. The van der Waals surface area contributed by atoms with Gasteiger partial charge in [-0.15, -0.1) is 0 Å². The fraction of sp³-hybridized carbons (Fsp3) is 0.364. The van der Waals surface area contributed by atoms with Crippen LogP contribution in [0, 0.1) is 12.8 Å². The van der Waals surface area contributed by atoms with Crippen molar-refractivity contribution in [3.05, 3.63) is 53.6 Å². The molecule has 2 N–H and O–H groups in total. The van der Waals surface area contributed by atoms with Gasteiger partial charge in [0, 0.05) is 11.8 Å². The number of carbonyl (C=O) groups excluding carboxylic acids is 2. The predicted octanol–water partition coefficient (Wildman–Crippen LogP) is 3.33. The van der Waals surface area contributed by atoms with Gasteiger partial charge in [0.25, 0.3) is 0 Å². The van der Waals surface area contributed by atoms with Crippen molar-refractivity contribution in [2.45, 2.75) is 33.2 Å². The van der Waals surface area contributed by atoms with Gasteiger partial charge >= 0.3 is 0 Å². The first kappa shape index (κ1) is 21.3. The summed E-state index contributed by atoms with van der Waals surface area (Å²) in [7, 11) is 3.10. The molecule has 2 aromatic carbocycles. The third-order valence-corrected chi connectivity index (χ3v) is 4.46. The predicted molar refractivity (Wildman–Crippen MR) is 110 cm³/mol. The first-order valence-electron chi connectivity index (χ1n) is 9.22. The molecule has 6 nitrogen and oxygen atoms in total. The Hall–Kier alpha value is -3.02. The van der Waals surface area contributed by atoms with Gasteiger partial charge in [-0.25, -0.2) is 0 Å². The SMILES string of the molecule is COc1cc(C)c(NC(=O)C(NC(=O)Cc2ccccc2)C(C)C)cc1OC. The molecule has 0 aromatic heterocycles. The molecule has 2 amide bonds. The maximum absolute atomic E-state index is 12.9. The Kier molecular flexibility index (Phi) is 7.44. The Morgan fingerprint density at radius 2 is 1.61 bits per heavy atom. The van der Waals surface area contributed by atoms with Gasteiger partial charge in [-0.2, -0.15) is 0 Å². The summed E-state index contributed by atoms with van der Waals surface area (Å²) in [6.07, 6.45) is 0.229. The van der Waals surface area contributed by atoms with Gasteiger partial charge in [0.2, 0.25) is 11.8 Å². The molecular weight excluding hydrogens is 356 g/mol. The van der Waals surface area contributed by atoms with Gasteiger partial charge in [-0.1, -0.05) is 44.2 Å². The standard InChI is InChI=1S/C22H28N2O4/c1-14(2)21(24-20(25)12-16-9-7-6-8-10-16)22(26)23-17-13-19(28-5)18(27-4)11-15(17)3/h6-11,13-14,21H,12H2,1-5H3,(H,23,26)(H,24,25). The lowest BCUT2D eigenvalue weighted by Crippen LogP contribution is -2.47. The number of rotatable bonds is 8. The minimum absolute atomic E-state index is 0.0693. The van der Waals surface area contributed by atoms with Gasteiger partial charge in [-0.05, 0) is 30.0 Å². The van der Waals surface area contributed by atoms with Crippen molar-refractivity contribution in [1.29, 1.82) is 0 Å². The summed E-state index contributed by atoms with van der Waals surface area (Å²) in [5, 5.41) is 5.75. The van der Waals surface area contributed by atoms with Crippen LogP contribution in [0.15, 0.2) is 42.5 Å². The molecule has 6 heteroatoms. The summed E-state index contributed by atoms with van der Waals surface area (Å²) in [5.74, 6) is 0.586. The lowest BCUT2D eigenvalue weighted by molar-refractivity contribution is -0.127. The zero-order valence-corrected chi connectivity index (χ0v) is 17.0. The second-order valence-electron chi connectivity index (χ2n) is 6.96. The normalized spacial score (nSPS) is 11.6. The number of methoxy groups -OCH3 is 2. The van der Waals surface area contributed by atoms with Crippen molar-refractivity contribution in [1.82, 2.24) is 5.32 Å². The van der Waals surface area contributed by atoms with Crippen LogP contribution in [-0.2, 0) is 16.0 Å². The van der Waals surface area contributed by atoms with Crippen LogP contribution in [-0.4, -0.2) is 32.1 Å². The minimum atomic E-state index is -0.649. The van der Waals surface area contributed by atoms with E-state index < -0.39 is 6.04 Å². The molecule has 2 aromatic rings. The van der Waals surface area contributed by atoms with Crippen molar-refractivity contribution in [2.24, 2.45) is 5.92 Å². The van der Waals surface area contributed by atoms with Crippen molar-refractivity contribution in [3.63, 3.8) is 0 Å². The van der Waals surface area contributed by atoms with Gasteiger partial charge in [0.05, 0.1) is 20.6 Å². The number of benzene rings is 2. The Labute approximate surface area is 166 Å². The largest absolute Gasteiger partial charge is 0.493 e. The molecule has 0 aliphatic rings. The first-order chi connectivity index (χ1) is 13.3. The molecule has 0 aliphatic carbocycles. The minimum Gasteiger partial charge on any atom is -0.493 e. The summed E-state index contributed by atoms with van der Waals surface area (Å²) >= 11 is 0. The topological polar surface area (TPSA) is 76.7 Å². The second kappa shape index (κ2) is 9.78. The number of ether oxygens (including phenoxy) is 2. The fourth-order valence-electron chi connectivity index (χ4n) is 2.87. The molecule has 0 saturated heterocycles. The quantitative estimate of drug-likeness (QED) is 0.732. The van der Waals surface area contributed by atoms with Crippen molar-refractivity contribution in [2.75, 3.05) is 19.5 Å². The van der Waals surface area contributed by atoms with Crippen LogP contribution in [0.4, 0.5) is 5.69 Å². The van der Waals surface area contributed by atoms with Crippen molar-refractivity contribution in [3.8, 4) is 11.5 Å². The smallest absolute Gasteiger partial charge is 0.247 e. The lowest BCUT2D eigenvalue weighted by atomic mass is 10.0. The number of hydrogen-bond acceptors (Lipinski definition) is 4. The summed E-state index contributed by atoms with van der Waals surface area (Å²) in [4.78, 5) is 25.3. The second-order valence-corrected chi connectivity index (χ2v) is 6.96. The van der Waals surface area contributed by atoms with Crippen LogP contribution in [0.3, 0.4) is 0 Å². The number of aryl methyl sites for hydroxylation is 1. The van der Waals surface area contributed by atoms with Crippen LogP contribution < -0.4 is 20.1 Å². The van der Waals surface area contributed by atoms with Crippen LogP contribution >= 0.6 is 0 Å². The lowest BCUT2D eigenvalue weighted by Gasteiger charge is -2.23. The highest BCUT2D eigenvalue weighted by molar-refractivity contribution is 5.98. The molecule has 28 heavy (non-hydrogen) atoms. The third-order valence-electron chi connectivity index (χ3n) is 4.46. The molecular formula is C22H28N2O4. The van der Waals surface area contributed by atoms with E-state index in [0.717, 1.165) is 11.1 Å². The van der Waals surface area contributed by atoms with E-state index in [-0.39, 0.29) is 24.2 Å². The van der Waals surface area contributed by atoms with E-state index in [9.17, 15) is 9.59 Å². The maximum Gasteiger partial charge on any atom is 0.247 e. The number of carbonyl (C=O) groups is 2. The van der Waals surface area contributed by atoms with Crippen LogP contribution in [0.25, 0.3) is 0 Å². The van der Waals surface area contributed by atoms with Crippen molar-refractivity contribution < 1.29 is 19.1 Å². The van der Waals surface area contributed by atoms with Gasteiger partial charge in [0.15, 0.2) is 11.5 Å². The Morgan fingerprint density at radius 3 is 2.18 bits per heavy atom. The summed E-state index contributed by atoms with van der Waals surface area (Å²) in [6, 6.07) is 12.3. The molecule has 0 aliphatic heterocycles. The van der Waals surface area contributed by atoms with E-state index in [1.165, 1.54) is 0 Å². The van der Waals surface area contributed by atoms with Gasteiger partial charge in [0.1, 0.15) is 6.04 Å². The van der Waals surface area contributed by atoms with Gasteiger partial charge in [-0.3, -0.25) is 9.59 Å². The highest BCUT2D eigenvalue weighted by atomic mass is 16.5. The molecule has 150 valence electrons. The number of hydrogen-bond donors (Lipinski definition) is 2. The maximum atomic E-state index is 12.9. The Morgan fingerprint density at radius 1 is 1.00 bits per heavy atom.